The van der Waals surface area contributed by atoms with Gasteiger partial charge in [0, 0.05) is 44.6 Å². The first-order valence-corrected chi connectivity index (χ1v) is 12.3. The molecule has 174 valence electrons. The predicted molar refractivity (Wildman–Crippen MR) is 129 cm³/mol. The molecule has 33 heavy (non-hydrogen) atoms. The zero-order valence-corrected chi connectivity index (χ0v) is 19.2. The molecular formula is C26H33N5O2. The van der Waals surface area contributed by atoms with Crippen molar-refractivity contribution in [1.82, 2.24) is 24.3 Å². The molecule has 2 saturated heterocycles. The molecule has 1 unspecified atom stereocenters. The second-order valence-corrected chi connectivity index (χ2v) is 9.51. The lowest BCUT2D eigenvalue weighted by molar-refractivity contribution is 0.0759. The number of nitrogens with zero attached hydrogens (tertiary/aromatic N) is 4. The smallest absolute Gasteiger partial charge is 0.326 e. The summed E-state index contributed by atoms with van der Waals surface area (Å²) in [6.45, 7) is 4.86. The van der Waals surface area contributed by atoms with Crippen LogP contribution in [0.4, 0.5) is 0 Å². The summed E-state index contributed by atoms with van der Waals surface area (Å²) in [5.41, 5.74) is 2.64. The van der Waals surface area contributed by atoms with Crippen LogP contribution in [-0.4, -0.2) is 63.0 Å². The van der Waals surface area contributed by atoms with Gasteiger partial charge in [-0.2, -0.15) is 0 Å². The average Bonchev–Trinajstić information content (AvgIpc) is 3.02. The van der Waals surface area contributed by atoms with Gasteiger partial charge in [0.1, 0.15) is 0 Å². The number of amides is 1. The summed E-state index contributed by atoms with van der Waals surface area (Å²) >= 11 is 0. The fourth-order valence-electron chi connectivity index (χ4n) is 5.53. The Morgan fingerprint density at radius 2 is 1.85 bits per heavy atom. The van der Waals surface area contributed by atoms with E-state index in [0.29, 0.717) is 11.5 Å². The average molecular weight is 448 g/mol. The van der Waals surface area contributed by atoms with Crippen molar-refractivity contribution < 1.29 is 4.79 Å². The highest BCUT2D eigenvalue weighted by Gasteiger charge is 2.25. The molecule has 2 aromatic heterocycles. The highest BCUT2D eigenvalue weighted by atomic mass is 16.2. The first-order chi connectivity index (χ1) is 16.2. The summed E-state index contributed by atoms with van der Waals surface area (Å²) in [4.78, 5) is 36.9. The molecule has 0 spiro atoms. The molecule has 0 bridgehead atoms. The number of aromatic nitrogens is 3. The number of nitrogens with one attached hydrogen (secondary N) is 1. The number of hydrogen-bond donors (Lipinski definition) is 1. The Bertz CT molecular complexity index is 1130. The molecule has 5 rings (SSSR count). The van der Waals surface area contributed by atoms with E-state index in [1.807, 2.05) is 45.9 Å². The molecule has 0 aliphatic carbocycles. The number of piperidine rings is 1. The number of benzene rings is 1. The Morgan fingerprint density at radius 3 is 2.67 bits per heavy atom. The summed E-state index contributed by atoms with van der Waals surface area (Å²) in [5, 5.41) is 0. The van der Waals surface area contributed by atoms with E-state index in [9.17, 15) is 9.59 Å². The van der Waals surface area contributed by atoms with Gasteiger partial charge >= 0.3 is 5.69 Å². The van der Waals surface area contributed by atoms with Crippen molar-refractivity contribution in [3.8, 4) is 0 Å². The van der Waals surface area contributed by atoms with Gasteiger partial charge in [-0.3, -0.25) is 14.3 Å². The lowest BCUT2D eigenvalue weighted by Crippen LogP contribution is -2.38. The van der Waals surface area contributed by atoms with Crippen molar-refractivity contribution in [2.24, 2.45) is 5.92 Å². The lowest BCUT2D eigenvalue weighted by atomic mass is 9.96. The number of likely N-dealkylation sites (tertiary alicyclic amines) is 2. The molecule has 7 heteroatoms. The minimum absolute atomic E-state index is 0.0125. The maximum Gasteiger partial charge on any atom is 0.326 e. The van der Waals surface area contributed by atoms with Crippen molar-refractivity contribution in [3.63, 3.8) is 0 Å². The normalized spacial score (nSPS) is 20.7. The van der Waals surface area contributed by atoms with Gasteiger partial charge < -0.3 is 14.8 Å². The van der Waals surface area contributed by atoms with Crippen molar-refractivity contribution in [1.29, 1.82) is 0 Å². The maximum absolute atomic E-state index is 12.7. The van der Waals surface area contributed by atoms with Crippen LogP contribution < -0.4 is 5.69 Å². The van der Waals surface area contributed by atoms with Crippen molar-refractivity contribution in [2.75, 3.05) is 32.7 Å². The van der Waals surface area contributed by atoms with Gasteiger partial charge in [0.15, 0.2) is 0 Å². The predicted octanol–water partition coefficient (Wildman–Crippen LogP) is 3.69. The van der Waals surface area contributed by atoms with Crippen LogP contribution >= 0.6 is 0 Å². The van der Waals surface area contributed by atoms with Crippen LogP contribution in [0.25, 0.3) is 11.0 Å². The van der Waals surface area contributed by atoms with E-state index in [1.165, 1.54) is 12.8 Å². The highest BCUT2D eigenvalue weighted by Crippen LogP contribution is 2.27. The summed E-state index contributed by atoms with van der Waals surface area (Å²) in [6, 6.07) is 11.9. The molecule has 2 aliphatic heterocycles. The molecule has 1 N–H and O–H groups in total. The molecule has 4 heterocycles. The molecule has 1 aromatic carbocycles. The second-order valence-electron chi connectivity index (χ2n) is 9.51. The minimum atomic E-state index is 0.0125. The number of imidazole rings is 1. The topological polar surface area (TPSA) is 74.2 Å². The number of pyridine rings is 1. The fraction of sp³-hybridized carbons (Fsp3) is 0.500. The van der Waals surface area contributed by atoms with Gasteiger partial charge in [0.25, 0.3) is 5.91 Å². The Kier molecular flexibility index (Phi) is 6.58. The van der Waals surface area contributed by atoms with E-state index in [-0.39, 0.29) is 17.6 Å². The van der Waals surface area contributed by atoms with Gasteiger partial charge in [0.2, 0.25) is 0 Å². The first kappa shape index (κ1) is 21.9. The lowest BCUT2D eigenvalue weighted by Gasteiger charge is -2.33. The number of carbonyl (C=O) groups excluding carboxylic acids is 1. The van der Waals surface area contributed by atoms with Crippen LogP contribution in [0.15, 0.2) is 53.6 Å². The Balaban J connectivity index is 1.10. The Labute approximate surface area is 194 Å². The molecule has 0 radical (unpaired) electrons. The fourth-order valence-corrected chi connectivity index (χ4v) is 5.53. The zero-order chi connectivity index (χ0) is 22.6. The molecule has 1 atom stereocenters. The minimum Gasteiger partial charge on any atom is -0.339 e. The second kappa shape index (κ2) is 9.91. The molecule has 3 aromatic rings. The first-order valence-electron chi connectivity index (χ1n) is 12.3. The third kappa shape index (κ3) is 4.88. The van der Waals surface area contributed by atoms with Gasteiger partial charge in [-0.05, 0) is 75.3 Å². The van der Waals surface area contributed by atoms with E-state index in [0.717, 1.165) is 69.4 Å². The van der Waals surface area contributed by atoms with E-state index in [4.69, 9.17) is 0 Å². The summed E-state index contributed by atoms with van der Waals surface area (Å²) in [5.74, 6) is 0.781. The van der Waals surface area contributed by atoms with Gasteiger partial charge in [-0.15, -0.1) is 0 Å². The van der Waals surface area contributed by atoms with Crippen LogP contribution in [0.5, 0.6) is 0 Å². The van der Waals surface area contributed by atoms with E-state index < -0.39 is 0 Å². The highest BCUT2D eigenvalue weighted by molar-refractivity contribution is 5.93. The molecule has 2 fully saturated rings. The summed E-state index contributed by atoms with van der Waals surface area (Å²) < 4.78 is 1.96. The Hall–Kier alpha value is -2.93. The van der Waals surface area contributed by atoms with Crippen molar-refractivity contribution in [2.45, 2.75) is 44.6 Å². The Morgan fingerprint density at radius 1 is 1.00 bits per heavy atom. The molecule has 0 saturated carbocycles. The molecule has 1 amide bonds. The van der Waals surface area contributed by atoms with Gasteiger partial charge in [-0.1, -0.05) is 12.1 Å². The van der Waals surface area contributed by atoms with Crippen LogP contribution in [0.2, 0.25) is 0 Å². The quantitative estimate of drug-likeness (QED) is 0.647. The van der Waals surface area contributed by atoms with Crippen LogP contribution in [-0.2, 0) is 0 Å². The van der Waals surface area contributed by atoms with Crippen molar-refractivity contribution in [3.05, 3.63) is 64.8 Å². The number of aromatic amines is 1. The van der Waals surface area contributed by atoms with Crippen LogP contribution in [0.1, 0.15) is 54.9 Å². The molecule has 7 nitrogen and oxygen atoms in total. The van der Waals surface area contributed by atoms with E-state index in [2.05, 4.69) is 14.9 Å². The number of hydrogen-bond acceptors (Lipinski definition) is 4. The number of rotatable bonds is 5. The third-order valence-corrected chi connectivity index (χ3v) is 7.44. The SMILES string of the molecule is O=C(c1cccnc1)N1CCCC(CCN2CCC(n3c(=O)[nH]c4ccccc43)CC2)CC1. The summed E-state index contributed by atoms with van der Waals surface area (Å²) in [7, 11) is 0. The molecule has 2 aliphatic rings. The van der Waals surface area contributed by atoms with Crippen molar-refractivity contribution >= 4 is 16.9 Å². The van der Waals surface area contributed by atoms with Gasteiger partial charge in [0.05, 0.1) is 16.6 Å². The maximum atomic E-state index is 12.7. The third-order valence-electron chi connectivity index (χ3n) is 7.44. The number of para-hydroxylation sites is 2. The number of fused-ring (bicyclic) bond motifs is 1. The zero-order valence-electron chi connectivity index (χ0n) is 19.2. The molecular weight excluding hydrogens is 414 g/mol. The monoisotopic (exact) mass is 447 g/mol. The standard InChI is InChI=1S/C26H33N5O2/c32-25(21-6-3-13-27-19-21)30-14-4-5-20(10-18-30)9-15-29-16-11-22(12-17-29)31-24-8-2-1-7-23(24)28-26(31)33/h1-3,6-8,13,19-20,22H,4-5,9-12,14-18H2,(H,28,33). The van der Waals surface area contributed by atoms with Crippen LogP contribution in [0, 0.1) is 5.92 Å². The van der Waals surface area contributed by atoms with Gasteiger partial charge in [-0.25, -0.2) is 4.79 Å². The van der Waals surface area contributed by atoms with E-state index >= 15 is 0 Å². The largest absolute Gasteiger partial charge is 0.339 e. The number of H-pyrrole nitrogens is 1. The number of carbonyl (C=O) groups is 1. The van der Waals surface area contributed by atoms with Crippen LogP contribution in [0.3, 0.4) is 0 Å². The summed E-state index contributed by atoms with van der Waals surface area (Å²) in [6.07, 6.45) is 9.93. The van der Waals surface area contributed by atoms with E-state index in [1.54, 1.807) is 12.4 Å².